The number of benzene rings is 2. The number of halogens is 3. The van der Waals surface area contributed by atoms with Gasteiger partial charge in [0.2, 0.25) is 5.96 Å². The average molecular weight is 328 g/mol. The molecule has 0 bridgehead atoms. The number of nitrogens with one attached hydrogen (secondary N) is 2. The Balaban J connectivity index is 1.99. The van der Waals surface area contributed by atoms with Crippen molar-refractivity contribution in [2.45, 2.75) is 4.90 Å². The lowest BCUT2D eigenvalue weighted by atomic mass is 10.3. The Kier molecular flexibility index (Phi) is 3.60. The van der Waals surface area contributed by atoms with Crippen LogP contribution in [-0.2, 0) is 0 Å². The highest BCUT2D eigenvalue weighted by atomic mass is 35.5. The van der Waals surface area contributed by atoms with Crippen LogP contribution in [0, 0.1) is 11.6 Å². The fourth-order valence-corrected chi connectivity index (χ4v) is 2.63. The van der Waals surface area contributed by atoms with Crippen LogP contribution in [0.2, 0.25) is 5.02 Å². The van der Waals surface area contributed by atoms with Gasteiger partial charge < -0.3 is 10.4 Å². The molecule has 0 saturated heterocycles. The van der Waals surface area contributed by atoms with Crippen LogP contribution in [0.1, 0.15) is 0 Å². The molecule has 108 valence electrons. The molecule has 0 atom stereocenters. The van der Waals surface area contributed by atoms with Crippen LogP contribution in [0.3, 0.4) is 0 Å². The van der Waals surface area contributed by atoms with E-state index in [1.807, 2.05) is 0 Å². The lowest BCUT2D eigenvalue weighted by molar-refractivity contribution is 0.472. The van der Waals surface area contributed by atoms with Gasteiger partial charge in [0.25, 0.3) is 0 Å². The molecule has 8 heteroatoms. The summed E-state index contributed by atoms with van der Waals surface area (Å²) in [4.78, 5) is 4.16. The van der Waals surface area contributed by atoms with E-state index in [0.717, 1.165) is 18.0 Å². The standard InChI is InChI=1S/C13H8ClF2N3OS/c14-6-5-8(16)12-10(11(6)20)18-13(19-21-12)17-9-4-2-1-3-7(9)15/h1-5,20H,(H2,17,18,19). The highest BCUT2D eigenvalue weighted by molar-refractivity contribution is 7.98. The average Bonchev–Trinajstić information content (AvgIpc) is 2.47. The molecule has 0 spiro atoms. The summed E-state index contributed by atoms with van der Waals surface area (Å²) in [6.45, 7) is 0. The van der Waals surface area contributed by atoms with Crippen molar-refractivity contribution in [3.63, 3.8) is 0 Å². The van der Waals surface area contributed by atoms with Gasteiger partial charge in [-0.05, 0) is 30.1 Å². The first kappa shape index (κ1) is 14.0. The second-order valence-electron chi connectivity index (χ2n) is 4.14. The lowest BCUT2D eigenvalue weighted by Crippen LogP contribution is -2.27. The summed E-state index contributed by atoms with van der Waals surface area (Å²) >= 11 is 6.63. The normalized spacial score (nSPS) is 13.2. The third-order valence-corrected chi connectivity index (χ3v) is 3.91. The number of hydrogen-bond donors (Lipinski definition) is 3. The molecule has 1 aliphatic rings. The molecule has 0 aromatic heterocycles. The lowest BCUT2D eigenvalue weighted by Gasteiger charge is -2.19. The number of aromatic hydroxyl groups is 1. The van der Waals surface area contributed by atoms with Crippen molar-refractivity contribution < 1.29 is 13.9 Å². The number of para-hydroxylation sites is 1. The van der Waals surface area contributed by atoms with Gasteiger partial charge in [0.05, 0.1) is 15.6 Å². The zero-order chi connectivity index (χ0) is 15.0. The maximum absolute atomic E-state index is 13.7. The molecule has 1 aliphatic heterocycles. The summed E-state index contributed by atoms with van der Waals surface area (Å²) in [6.07, 6.45) is 0. The number of phenolic OH excluding ortho intramolecular Hbond substituents is 1. The number of anilines is 1. The van der Waals surface area contributed by atoms with E-state index in [9.17, 15) is 13.9 Å². The summed E-state index contributed by atoms with van der Waals surface area (Å²) in [7, 11) is 0. The zero-order valence-electron chi connectivity index (χ0n) is 10.3. The first-order chi connectivity index (χ1) is 10.1. The molecule has 2 aromatic carbocycles. The highest BCUT2D eigenvalue weighted by Gasteiger charge is 2.22. The monoisotopic (exact) mass is 327 g/mol. The summed E-state index contributed by atoms with van der Waals surface area (Å²) in [6, 6.07) is 7.04. The number of fused-ring (bicyclic) bond motifs is 1. The molecule has 0 saturated carbocycles. The van der Waals surface area contributed by atoms with Crippen LogP contribution in [0.25, 0.3) is 0 Å². The van der Waals surface area contributed by atoms with E-state index in [1.54, 1.807) is 12.1 Å². The predicted octanol–water partition coefficient (Wildman–Crippen LogP) is 4.03. The topological polar surface area (TPSA) is 56.7 Å². The van der Waals surface area contributed by atoms with E-state index in [-0.39, 0.29) is 33.0 Å². The smallest absolute Gasteiger partial charge is 0.211 e. The minimum Gasteiger partial charge on any atom is -0.504 e. The van der Waals surface area contributed by atoms with E-state index < -0.39 is 11.6 Å². The fraction of sp³-hybridized carbons (Fsp3) is 0. The molecular formula is C13H8ClF2N3OS. The largest absolute Gasteiger partial charge is 0.504 e. The second-order valence-corrected chi connectivity index (χ2v) is 5.36. The summed E-state index contributed by atoms with van der Waals surface area (Å²) < 4.78 is 30.0. The first-order valence-electron chi connectivity index (χ1n) is 5.80. The van der Waals surface area contributed by atoms with Gasteiger partial charge in [-0.1, -0.05) is 23.7 Å². The van der Waals surface area contributed by atoms with Gasteiger partial charge in [-0.2, -0.15) is 0 Å². The Bertz CT molecular complexity index is 754. The van der Waals surface area contributed by atoms with Crippen LogP contribution < -0.4 is 10.0 Å². The third-order valence-electron chi connectivity index (χ3n) is 2.74. The number of hydrogen-bond acceptors (Lipinski definition) is 5. The minimum atomic E-state index is -0.598. The van der Waals surface area contributed by atoms with Crippen LogP contribution in [0.4, 0.5) is 20.2 Å². The van der Waals surface area contributed by atoms with E-state index in [0.29, 0.717) is 0 Å². The Morgan fingerprint density at radius 2 is 2.00 bits per heavy atom. The maximum Gasteiger partial charge on any atom is 0.211 e. The van der Waals surface area contributed by atoms with Crippen molar-refractivity contribution in [3.8, 4) is 5.75 Å². The maximum atomic E-state index is 13.7. The first-order valence-corrected chi connectivity index (χ1v) is 7.00. The van der Waals surface area contributed by atoms with E-state index in [4.69, 9.17) is 11.6 Å². The molecule has 0 radical (unpaired) electrons. The van der Waals surface area contributed by atoms with Crippen LogP contribution in [-0.4, -0.2) is 11.1 Å². The van der Waals surface area contributed by atoms with Crippen molar-refractivity contribution >= 4 is 40.9 Å². The van der Waals surface area contributed by atoms with Crippen molar-refractivity contribution in [1.29, 1.82) is 0 Å². The van der Waals surface area contributed by atoms with E-state index >= 15 is 0 Å². The van der Waals surface area contributed by atoms with E-state index in [2.05, 4.69) is 15.0 Å². The highest BCUT2D eigenvalue weighted by Crippen LogP contribution is 2.44. The Morgan fingerprint density at radius 1 is 1.24 bits per heavy atom. The van der Waals surface area contributed by atoms with Gasteiger partial charge in [0.1, 0.15) is 17.3 Å². The van der Waals surface area contributed by atoms with Crippen molar-refractivity contribution in [2.75, 3.05) is 5.32 Å². The second kappa shape index (κ2) is 5.42. The summed E-state index contributed by atoms with van der Waals surface area (Å²) in [5.74, 6) is -1.22. The Labute approximate surface area is 128 Å². The number of nitrogens with zero attached hydrogens (tertiary/aromatic N) is 1. The van der Waals surface area contributed by atoms with Crippen LogP contribution in [0.5, 0.6) is 5.75 Å². The van der Waals surface area contributed by atoms with E-state index in [1.165, 1.54) is 12.1 Å². The Hall–Kier alpha value is -1.99. The third kappa shape index (κ3) is 2.62. The van der Waals surface area contributed by atoms with Gasteiger partial charge in [-0.15, -0.1) is 0 Å². The molecule has 0 aliphatic carbocycles. The molecule has 1 heterocycles. The number of aliphatic imine (C=N–C) groups is 1. The SMILES string of the molecule is Oc1c(Cl)cc(F)c2c1N=C(Nc1ccccc1F)NS2. The molecule has 3 rings (SSSR count). The quantitative estimate of drug-likeness (QED) is 0.692. The Morgan fingerprint density at radius 3 is 2.76 bits per heavy atom. The molecule has 3 N–H and O–H groups in total. The molecule has 0 fully saturated rings. The minimum absolute atomic E-state index is 0.00240. The fourth-order valence-electron chi connectivity index (χ4n) is 1.76. The molecule has 21 heavy (non-hydrogen) atoms. The number of rotatable bonds is 1. The van der Waals surface area contributed by atoms with Gasteiger partial charge in [-0.3, -0.25) is 4.72 Å². The molecule has 2 aromatic rings. The molecule has 4 nitrogen and oxygen atoms in total. The van der Waals surface area contributed by atoms with Crippen molar-refractivity contribution in [3.05, 3.63) is 47.0 Å². The van der Waals surface area contributed by atoms with Gasteiger partial charge >= 0.3 is 0 Å². The van der Waals surface area contributed by atoms with Gasteiger partial charge in [-0.25, -0.2) is 13.8 Å². The van der Waals surface area contributed by atoms with Crippen molar-refractivity contribution in [1.82, 2.24) is 4.72 Å². The number of guanidine groups is 1. The predicted molar refractivity (Wildman–Crippen MR) is 79.2 cm³/mol. The van der Waals surface area contributed by atoms with Crippen LogP contribution >= 0.6 is 23.5 Å². The van der Waals surface area contributed by atoms with Crippen molar-refractivity contribution in [2.24, 2.45) is 4.99 Å². The number of phenols is 1. The van der Waals surface area contributed by atoms with Gasteiger partial charge in [0, 0.05) is 0 Å². The van der Waals surface area contributed by atoms with Crippen LogP contribution in [0.15, 0.2) is 40.2 Å². The molecule has 0 amide bonds. The molecular weight excluding hydrogens is 320 g/mol. The zero-order valence-corrected chi connectivity index (χ0v) is 11.9. The summed E-state index contributed by atoms with van der Waals surface area (Å²) in [5.41, 5.74) is 0.206. The summed E-state index contributed by atoms with van der Waals surface area (Å²) in [5, 5.41) is 12.4. The molecule has 0 unspecified atom stereocenters. The van der Waals surface area contributed by atoms with Gasteiger partial charge in [0.15, 0.2) is 5.75 Å².